The maximum Gasteiger partial charge on any atom is 0.205 e. The summed E-state index contributed by atoms with van der Waals surface area (Å²) in [6, 6.07) is 0. The number of nitrogens with zero attached hydrogens (tertiary/aromatic N) is 3. The summed E-state index contributed by atoms with van der Waals surface area (Å²) < 4.78 is 0. The Kier molecular flexibility index (Phi) is 5.69. The lowest BCUT2D eigenvalue weighted by molar-refractivity contribution is 0.287. The highest BCUT2D eigenvalue weighted by Crippen LogP contribution is 2.16. The van der Waals surface area contributed by atoms with Crippen molar-refractivity contribution >= 4 is 16.5 Å². The molecule has 1 N–H and O–H groups in total. The Morgan fingerprint density at radius 2 is 2.12 bits per heavy atom. The molecule has 0 aliphatic carbocycles. The van der Waals surface area contributed by atoms with Gasteiger partial charge in [0.05, 0.1) is 6.54 Å². The standard InChI is InChI=1S/C11H22N4S/c1-5-6-12-11-14-13-10(16-11)8-15(4)7-9(2)3/h9H,5-8H2,1-4H3,(H,12,14). The fourth-order valence-electron chi connectivity index (χ4n) is 1.54. The van der Waals surface area contributed by atoms with Crippen molar-refractivity contribution in [2.24, 2.45) is 5.92 Å². The largest absolute Gasteiger partial charge is 0.360 e. The fraction of sp³-hybridized carbons (Fsp3) is 0.818. The van der Waals surface area contributed by atoms with Gasteiger partial charge in [0.1, 0.15) is 5.01 Å². The Morgan fingerprint density at radius 1 is 1.38 bits per heavy atom. The van der Waals surface area contributed by atoms with Crippen molar-refractivity contribution in [3.8, 4) is 0 Å². The van der Waals surface area contributed by atoms with Gasteiger partial charge in [-0.3, -0.25) is 4.90 Å². The van der Waals surface area contributed by atoms with Crippen LogP contribution in [0, 0.1) is 5.92 Å². The molecule has 92 valence electrons. The molecule has 0 amide bonds. The topological polar surface area (TPSA) is 41.1 Å². The second-order valence-electron chi connectivity index (χ2n) is 4.52. The van der Waals surface area contributed by atoms with Gasteiger partial charge < -0.3 is 5.32 Å². The van der Waals surface area contributed by atoms with E-state index in [4.69, 9.17) is 0 Å². The Labute approximate surface area is 102 Å². The first kappa shape index (κ1) is 13.4. The molecule has 0 aromatic carbocycles. The minimum Gasteiger partial charge on any atom is -0.360 e. The molecule has 4 nitrogen and oxygen atoms in total. The molecule has 0 aliphatic rings. The first-order chi connectivity index (χ1) is 7.61. The van der Waals surface area contributed by atoms with Crippen LogP contribution in [0.5, 0.6) is 0 Å². The van der Waals surface area contributed by atoms with Crippen LogP contribution >= 0.6 is 11.3 Å². The molecule has 0 saturated carbocycles. The van der Waals surface area contributed by atoms with Crippen LogP contribution in [-0.4, -0.2) is 35.2 Å². The van der Waals surface area contributed by atoms with Crippen molar-refractivity contribution in [1.82, 2.24) is 15.1 Å². The van der Waals surface area contributed by atoms with E-state index in [1.54, 1.807) is 11.3 Å². The van der Waals surface area contributed by atoms with E-state index in [0.29, 0.717) is 5.92 Å². The molecule has 0 spiro atoms. The lowest BCUT2D eigenvalue weighted by Crippen LogP contribution is -2.22. The summed E-state index contributed by atoms with van der Waals surface area (Å²) in [6.45, 7) is 9.55. The van der Waals surface area contributed by atoms with Crippen LogP contribution in [0.25, 0.3) is 0 Å². The summed E-state index contributed by atoms with van der Waals surface area (Å²) in [5.74, 6) is 0.690. The zero-order chi connectivity index (χ0) is 12.0. The van der Waals surface area contributed by atoms with E-state index in [-0.39, 0.29) is 0 Å². The third kappa shape index (κ3) is 4.90. The maximum atomic E-state index is 4.18. The molecule has 0 bridgehead atoms. The lowest BCUT2D eigenvalue weighted by Gasteiger charge is -2.16. The average Bonchev–Trinajstić information content (AvgIpc) is 2.61. The summed E-state index contributed by atoms with van der Waals surface area (Å²) in [5, 5.41) is 13.6. The highest BCUT2D eigenvalue weighted by atomic mass is 32.1. The summed E-state index contributed by atoms with van der Waals surface area (Å²) in [6.07, 6.45) is 1.11. The molecular weight excluding hydrogens is 220 g/mol. The van der Waals surface area contributed by atoms with E-state index in [2.05, 4.69) is 48.2 Å². The van der Waals surface area contributed by atoms with Gasteiger partial charge >= 0.3 is 0 Å². The fourth-order valence-corrected chi connectivity index (χ4v) is 2.39. The SMILES string of the molecule is CCCNc1nnc(CN(C)CC(C)C)s1. The van der Waals surface area contributed by atoms with Gasteiger partial charge in [-0.05, 0) is 19.4 Å². The second-order valence-corrected chi connectivity index (χ2v) is 5.58. The van der Waals surface area contributed by atoms with E-state index in [9.17, 15) is 0 Å². The molecular formula is C11H22N4S. The lowest BCUT2D eigenvalue weighted by atomic mass is 10.2. The van der Waals surface area contributed by atoms with Gasteiger partial charge in [-0.15, -0.1) is 10.2 Å². The maximum absolute atomic E-state index is 4.18. The van der Waals surface area contributed by atoms with Crippen LogP contribution in [-0.2, 0) is 6.54 Å². The molecule has 1 aromatic heterocycles. The molecule has 0 saturated heterocycles. The smallest absolute Gasteiger partial charge is 0.205 e. The second kappa shape index (κ2) is 6.81. The van der Waals surface area contributed by atoms with Gasteiger partial charge in [-0.2, -0.15) is 0 Å². The van der Waals surface area contributed by atoms with Crippen LogP contribution < -0.4 is 5.32 Å². The van der Waals surface area contributed by atoms with Crippen molar-refractivity contribution in [1.29, 1.82) is 0 Å². The van der Waals surface area contributed by atoms with Crippen LogP contribution in [0.15, 0.2) is 0 Å². The van der Waals surface area contributed by atoms with Crippen molar-refractivity contribution in [3.05, 3.63) is 5.01 Å². The molecule has 1 rings (SSSR count). The molecule has 5 heteroatoms. The number of anilines is 1. The third-order valence-corrected chi connectivity index (χ3v) is 2.94. The van der Waals surface area contributed by atoms with E-state index in [1.807, 2.05) is 0 Å². The molecule has 16 heavy (non-hydrogen) atoms. The highest BCUT2D eigenvalue weighted by Gasteiger charge is 2.07. The van der Waals surface area contributed by atoms with Crippen molar-refractivity contribution < 1.29 is 0 Å². The zero-order valence-electron chi connectivity index (χ0n) is 10.7. The summed E-state index contributed by atoms with van der Waals surface area (Å²) in [7, 11) is 2.13. The minimum atomic E-state index is 0.690. The molecule has 0 aliphatic heterocycles. The predicted octanol–water partition coefficient (Wildman–Crippen LogP) is 2.45. The van der Waals surface area contributed by atoms with Gasteiger partial charge in [0.25, 0.3) is 0 Å². The number of hydrogen-bond acceptors (Lipinski definition) is 5. The molecule has 0 fully saturated rings. The molecule has 0 atom stereocenters. The van der Waals surface area contributed by atoms with Gasteiger partial charge in [-0.25, -0.2) is 0 Å². The average molecular weight is 242 g/mol. The van der Waals surface area contributed by atoms with Crippen LogP contribution in [0.1, 0.15) is 32.2 Å². The zero-order valence-corrected chi connectivity index (χ0v) is 11.5. The molecule has 0 radical (unpaired) electrons. The van der Waals surface area contributed by atoms with Crippen molar-refractivity contribution in [3.63, 3.8) is 0 Å². The van der Waals surface area contributed by atoms with E-state index in [0.717, 1.165) is 36.2 Å². The Morgan fingerprint density at radius 3 is 2.75 bits per heavy atom. The quantitative estimate of drug-likeness (QED) is 0.797. The first-order valence-electron chi connectivity index (χ1n) is 5.86. The monoisotopic (exact) mass is 242 g/mol. The predicted molar refractivity (Wildman–Crippen MR) is 69.9 cm³/mol. The third-order valence-electron chi connectivity index (χ3n) is 2.08. The molecule has 1 aromatic rings. The summed E-state index contributed by atoms with van der Waals surface area (Å²) in [4.78, 5) is 2.29. The highest BCUT2D eigenvalue weighted by molar-refractivity contribution is 7.15. The number of nitrogens with one attached hydrogen (secondary N) is 1. The number of hydrogen-bond donors (Lipinski definition) is 1. The van der Waals surface area contributed by atoms with E-state index in [1.165, 1.54) is 0 Å². The normalized spacial score (nSPS) is 11.4. The van der Waals surface area contributed by atoms with Gasteiger partial charge in [0.2, 0.25) is 5.13 Å². The van der Waals surface area contributed by atoms with Gasteiger partial charge in [0, 0.05) is 13.1 Å². The van der Waals surface area contributed by atoms with E-state index >= 15 is 0 Å². The van der Waals surface area contributed by atoms with Crippen LogP contribution in [0.2, 0.25) is 0 Å². The number of aromatic nitrogens is 2. The van der Waals surface area contributed by atoms with Crippen molar-refractivity contribution in [2.45, 2.75) is 33.7 Å². The van der Waals surface area contributed by atoms with Gasteiger partial charge in [0.15, 0.2) is 0 Å². The minimum absolute atomic E-state index is 0.690. The Bertz CT molecular complexity index is 298. The summed E-state index contributed by atoms with van der Waals surface area (Å²) >= 11 is 1.65. The Balaban J connectivity index is 2.39. The van der Waals surface area contributed by atoms with Gasteiger partial charge in [-0.1, -0.05) is 32.1 Å². The Hall–Kier alpha value is -0.680. The number of rotatable bonds is 7. The van der Waals surface area contributed by atoms with Crippen LogP contribution in [0.3, 0.4) is 0 Å². The van der Waals surface area contributed by atoms with Crippen molar-refractivity contribution in [2.75, 3.05) is 25.5 Å². The van der Waals surface area contributed by atoms with Crippen LogP contribution in [0.4, 0.5) is 5.13 Å². The van der Waals surface area contributed by atoms with E-state index < -0.39 is 0 Å². The summed E-state index contributed by atoms with van der Waals surface area (Å²) in [5.41, 5.74) is 0. The first-order valence-corrected chi connectivity index (χ1v) is 6.68. The molecule has 1 heterocycles. The molecule has 0 unspecified atom stereocenters.